The number of hydrogen-bond donors (Lipinski definition) is 0. The zero-order chi connectivity index (χ0) is 22.5. The predicted molar refractivity (Wildman–Crippen MR) is 124 cm³/mol. The van der Waals surface area contributed by atoms with Crippen LogP contribution in [0.3, 0.4) is 0 Å². The molecule has 0 aromatic rings. The van der Waals surface area contributed by atoms with Crippen LogP contribution in [0.25, 0.3) is 0 Å². The first-order chi connectivity index (χ1) is 15.4. The van der Waals surface area contributed by atoms with E-state index in [1.165, 1.54) is 38.5 Å². The predicted octanol–water partition coefficient (Wildman–Crippen LogP) is 4.26. The Labute approximate surface area is 191 Å². The lowest BCUT2D eigenvalue weighted by molar-refractivity contribution is -0.0206. The Morgan fingerprint density at radius 3 is 0.710 bits per heavy atom. The van der Waals surface area contributed by atoms with Gasteiger partial charge in [0.1, 0.15) is 0 Å². The van der Waals surface area contributed by atoms with Crippen molar-refractivity contribution in [1.29, 1.82) is 0 Å². The van der Waals surface area contributed by atoms with Crippen molar-refractivity contribution in [2.45, 2.75) is 65.2 Å². The molecule has 0 aromatic heterocycles. The standard InChI is InChI=1S/C24H50O7/c1-3-5-7-9-11-25-13-15-27-17-19-29-21-23-31-24-22-30-20-18-28-16-14-26-12-10-8-6-4-2/h3-24H2,1-2H3. The lowest BCUT2D eigenvalue weighted by Gasteiger charge is -2.08. The van der Waals surface area contributed by atoms with E-state index in [9.17, 15) is 0 Å². The second kappa shape index (κ2) is 29.7. The summed E-state index contributed by atoms with van der Waals surface area (Å²) in [6.45, 7) is 13.3. The van der Waals surface area contributed by atoms with Gasteiger partial charge in [-0.15, -0.1) is 0 Å². The van der Waals surface area contributed by atoms with E-state index in [0.717, 1.165) is 26.1 Å². The van der Waals surface area contributed by atoms with Crippen molar-refractivity contribution >= 4 is 0 Å². The average Bonchev–Trinajstić information content (AvgIpc) is 2.78. The van der Waals surface area contributed by atoms with Gasteiger partial charge in [0.25, 0.3) is 0 Å². The fourth-order valence-corrected chi connectivity index (χ4v) is 2.68. The molecule has 0 radical (unpaired) electrons. The number of rotatable bonds is 28. The summed E-state index contributed by atoms with van der Waals surface area (Å²) >= 11 is 0. The summed E-state index contributed by atoms with van der Waals surface area (Å²) in [5.41, 5.74) is 0. The zero-order valence-corrected chi connectivity index (χ0v) is 20.4. The van der Waals surface area contributed by atoms with Gasteiger partial charge in [-0.1, -0.05) is 52.4 Å². The molecule has 0 aliphatic heterocycles. The fourth-order valence-electron chi connectivity index (χ4n) is 2.68. The summed E-state index contributed by atoms with van der Waals surface area (Å²) < 4.78 is 38.3. The van der Waals surface area contributed by atoms with Gasteiger partial charge in [0, 0.05) is 13.2 Å². The summed E-state index contributed by atoms with van der Waals surface area (Å²) in [5, 5.41) is 0. The molecule has 0 unspecified atom stereocenters. The van der Waals surface area contributed by atoms with Gasteiger partial charge in [-0.05, 0) is 12.8 Å². The first-order valence-electron chi connectivity index (χ1n) is 12.5. The highest BCUT2D eigenvalue weighted by molar-refractivity contribution is 4.41. The largest absolute Gasteiger partial charge is 0.379 e. The van der Waals surface area contributed by atoms with Crippen LogP contribution < -0.4 is 0 Å². The summed E-state index contributed by atoms with van der Waals surface area (Å²) in [6.07, 6.45) is 9.89. The first kappa shape index (κ1) is 30.7. The lowest BCUT2D eigenvalue weighted by Crippen LogP contribution is -2.14. The molecule has 0 spiro atoms. The van der Waals surface area contributed by atoms with Crippen LogP contribution in [-0.4, -0.2) is 92.5 Å². The topological polar surface area (TPSA) is 64.6 Å². The third kappa shape index (κ3) is 29.7. The third-order valence-electron chi connectivity index (χ3n) is 4.52. The molecular weight excluding hydrogens is 400 g/mol. The fraction of sp³-hybridized carbons (Fsp3) is 1.00. The van der Waals surface area contributed by atoms with Gasteiger partial charge in [-0.25, -0.2) is 0 Å². The van der Waals surface area contributed by atoms with Crippen LogP contribution in [0, 0.1) is 0 Å². The van der Waals surface area contributed by atoms with Crippen LogP contribution in [0.4, 0.5) is 0 Å². The molecule has 31 heavy (non-hydrogen) atoms. The van der Waals surface area contributed by atoms with E-state index in [1.807, 2.05) is 0 Å². The smallest absolute Gasteiger partial charge is 0.0701 e. The molecule has 0 saturated heterocycles. The Morgan fingerprint density at radius 1 is 0.258 bits per heavy atom. The molecule has 0 aliphatic carbocycles. The van der Waals surface area contributed by atoms with Crippen LogP contribution in [0.15, 0.2) is 0 Å². The normalized spacial score (nSPS) is 11.4. The number of hydrogen-bond acceptors (Lipinski definition) is 7. The minimum atomic E-state index is 0.566. The van der Waals surface area contributed by atoms with Crippen molar-refractivity contribution in [1.82, 2.24) is 0 Å². The highest BCUT2D eigenvalue weighted by atomic mass is 16.6. The Bertz CT molecular complexity index is 278. The number of unbranched alkanes of at least 4 members (excludes halogenated alkanes) is 6. The van der Waals surface area contributed by atoms with Gasteiger partial charge in [0.05, 0.1) is 79.3 Å². The molecule has 0 N–H and O–H groups in total. The molecule has 0 bridgehead atoms. The van der Waals surface area contributed by atoms with E-state index in [-0.39, 0.29) is 0 Å². The maximum atomic E-state index is 5.51. The van der Waals surface area contributed by atoms with E-state index in [1.54, 1.807) is 0 Å². The van der Waals surface area contributed by atoms with Crippen LogP contribution >= 0.6 is 0 Å². The Morgan fingerprint density at radius 2 is 0.484 bits per heavy atom. The summed E-state index contributed by atoms with van der Waals surface area (Å²) in [6, 6.07) is 0. The Hall–Kier alpha value is -0.280. The molecule has 0 rings (SSSR count). The quantitative estimate of drug-likeness (QED) is 0.165. The molecule has 0 atom stereocenters. The maximum Gasteiger partial charge on any atom is 0.0701 e. The molecular formula is C24H50O7. The van der Waals surface area contributed by atoms with E-state index in [4.69, 9.17) is 33.2 Å². The van der Waals surface area contributed by atoms with E-state index >= 15 is 0 Å². The molecule has 0 aromatic carbocycles. The summed E-state index contributed by atoms with van der Waals surface area (Å²) in [7, 11) is 0. The average molecular weight is 451 g/mol. The molecule has 7 nitrogen and oxygen atoms in total. The third-order valence-corrected chi connectivity index (χ3v) is 4.52. The van der Waals surface area contributed by atoms with Gasteiger partial charge in [-0.3, -0.25) is 0 Å². The van der Waals surface area contributed by atoms with Gasteiger partial charge in [0.15, 0.2) is 0 Å². The molecule has 0 amide bonds. The van der Waals surface area contributed by atoms with Crippen molar-refractivity contribution in [2.24, 2.45) is 0 Å². The van der Waals surface area contributed by atoms with Gasteiger partial charge in [-0.2, -0.15) is 0 Å². The number of ether oxygens (including phenoxy) is 7. The van der Waals surface area contributed by atoms with Crippen molar-refractivity contribution in [2.75, 3.05) is 92.5 Å². The lowest BCUT2D eigenvalue weighted by atomic mass is 10.2. The monoisotopic (exact) mass is 450 g/mol. The van der Waals surface area contributed by atoms with E-state index < -0.39 is 0 Å². The van der Waals surface area contributed by atoms with Crippen LogP contribution in [-0.2, 0) is 33.2 Å². The molecule has 188 valence electrons. The molecule has 7 heteroatoms. The Balaban J connectivity index is 2.98. The maximum absolute atomic E-state index is 5.51. The van der Waals surface area contributed by atoms with Crippen molar-refractivity contribution in [3.63, 3.8) is 0 Å². The van der Waals surface area contributed by atoms with E-state index in [0.29, 0.717) is 79.3 Å². The van der Waals surface area contributed by atoms with Crippen LogP contribution in [0.2, 0.25) is 0 Å². The van der Waals surface area contributed by atoms with E-state index in [2.05, 4.69) is 13.8 Å². The minimum absolute atomic E-state index is 0.566. The first-order valence-corrected chi connectivity index (χ1v) is 12.5. The molecule has 0 aliphatic rings. The zero-order valence-electron chi connectivity index (χ0n) is 20.4. The second-order valence-corrected chi connectivity index (χ2v) is 7.41. The minimum Gasteiger partial charge on any atom is -0.379 e. The highest BCUT2D eigenvalue weighted by Gasteiger charge is 1.95. The molecule has 0 heterocycles. The highest BCUT2D eigenvalue weighted by Crippen LogP contribution is 1.99. The van der Waals surface area contributed by atoms with Crippen LogP contribution in [0.1, 0.15) is 65.2 Å². The second-order valence-electron chi connectivity index (χ2n) is 7.41. The van der Waals surface area contributed by atoms with Gasteiger partial charge < -0.3 is 33.2 Å². The molecule has 0 fully saturated rings. The van der Waals surface area contributed by atoms with Gasteiger partial charge in [0.2, 0.25) is 0 Å². The van der Waals surface area contributed by atoms with Crippen molar-refractivity contribution in [3.05, 3.63) is 0 Å². The SMILES string of the molecule is CCCCCCOCCOCCOCCOCCOCCOCCOCCCCCC. The van der Waals surface area contributed by atoms with Crippen LogP contribution in [0.5, 0.6) is 0 Å². The van der Waals surface area contributed by atoms with Crippen molar-refractivity contribution < 1.29 is 33.2 Å². The Kier molecular flexibility index (Phi) is 29.5. The summed E-state index contributed by atoms with van der Waals surface area (Å²) in [4.78, 5) is 0. The van der Waals surface area contributed by atoms with Crippen molar-refractivity contribution in [3.8, 4) is 0 Å². The van der Waals surface area contributed by atoms with Gasteiger partial charge >= 0.3 is 0 Å². The molecule has 0 saturated carbocycles. The summed E-state index contributed by atoms with van der Waals surface area (Å²) in [5.74, 6) is 0.